The molecule has 2 aromatic carbocycles. The number of anilines is 1. The Balaban J connectivity index is 2.48. The minimum Gasteiger partial charge on any atom is -0.362 e. The first-order valence-corrected chi connectivity index (χ1v) is 8.85. The molecule has 0 heterocycles. The molecular formula is C15H16N4O6S. The van der Waals surface area contributed by atoms with E-state index in [1.807, 2.05) is 0 Å². The highest BCUT2D eigenvalue weighted by molar-refractivity contribution is 7.89. The smallest absolute Gasteiger partial charge is 0.293 e. The highest BCUT2D eigenvalue weighted by Crippen LogP contribution is 2.35. The maximum atomic E-state index is 11.4. The second-order valence-corrected chi connectivity index (χ2v) is 7.15. The van der Waals surface area contributed by atoms with E-state index in [9.17, 15) is 28.6 Å². The third-order valence-electron chi connectivity index (χ3n) is 4.00. The zero-order chi connectivity index (χ0) is 19.6. The van der Waals surface area contributed by atoms with Crippen LogP contribution in [0.3, 0.4) is 0 Å². The molecule has 0 bridgehead atoms. The number of benzene rings is 2. The van der Waals surface area contributed by atoms with Crippen molar-refractivity contribution in [3.05, 3.63) is 68.3 Å². The quantitative estimate of drug-likeness (QED) is 0.597. The van der Waals surface area contributed by atoms with Crippen molar-refractivity contribution in [2.75, 3.05) is 11.9 Å². The fourth-order valence-corrected chi connectivity index (χ4v) is 2.99. The van der Waals surface area contributed by atoms with Crippen LogP contribution in [0, 0.1) is 20.2 Å². The molecule has 0 aromatic heterocycles. The lowest BCUT2D eigenvalue weighted by molar-refractivity contribution is -0.384. The number of hydrogen-bond donors (Lipinski definition) is 1. The van der Waals surface area contributed by atoms with E-state index in [-0.39, 0.29) is 16.3 Å². The molecule has 0 aliphatic heterocycles. The van der Waals surface area contributed by atoms with E-state index < -0.39 is 31.6 Å². The molecule has 0 aliphatic rings. The van der Waals surface area contributed by atoms with Crippen LogP contribution in [-0.2, 0) is 10.0 Å². The van der Waals surface area contributed by atoms with Crippen LogP contribution >= 0.6 is 0 Å². The summed E-state index contributed by atoms with van der Waals surface area (Å²) in [5.41, 5.74) is 0.200. The highest BCUT2D eigenvalue weighted by atomic mass is 32.2. The topological polar surface area (TPSA) is 150 Å². The van der Waals surface area contributed by atoms with Gasteiger partial charge in [-0.25, -0.2) is 13.6 Å². The third-order valence-corrected chi connectivity index (χ3v) is 4.91. The minimum atomic E-state index is -4.09. The number of sulfonamides is 1. The van der Waals surface area contributed by atoms with E-state index >= 15 is 0 Å². The molecule has 2 rings (SSSR count). The van der Waals surface area contributed by atoms with Crippen LogP contribution in [0.1, 0.15) is 18.5 Å². The monoisotopic (exact) mass is 380 g/mol. The van der Waals surface area contributed by atoms with Crippen molar-refractivity contribution in [1.29, 1.82) is 0 Å². The molecule has 138 valence electrons. The summed E-state index contributed by atoms with van der Waals surface area (Å²) in [6, 6.07) is 8.82. The first-order chi connectivity index (χ1) is 12.0. The maximum Gasteiger partial charge on any atom is 0.293 e. The van der Waals surface area contributed by atoms with Gasteiger partial charge in [-0.2, -0.15) is 0 Å². The summed E-state index contributed by atoms with van der Waals surface area (Å²) in [5, 5.41) is 27.3. The lowest BCUT2D eigenvalue weighted by Crippen LogP contribution is -2.23. The summed E-state index contributed by atoms with van der Waals surface area (Å²) in [4.78, 5) is 22.2. The van der Waals surface area contributed by atoms with E-state index in [2.05, 4.69) is 0 Å². The van der Waals surface area contributed by atoms with Crippen LogP contribution in [0.2, 0.25) is 0 Å². The fraction of sp³-hybridized carbons (Fsp3) is 0.200. The SMILES string of the molecule is C[C@@H](c1cccc([N+](=O)[O-])c1)N(C)c1ccc(S(N)(=O)=O)cc1[N+](=O)[O-]. The van der Waals surface area contributed by atoms with Gasteiger partial charge in [-0.3, -0.25) is 20.2 Å². The lowest BCUT2D eigenvalue weighted by atomic mass is 10.1. The predicted molar refractivity (Wildman–Crippen MR) is 94.4 cm³/mol. The van der Waals surface area contributed by atoms with Gasteiger partial charge in [-0.05, 0) is 24.6 Å². The van der Waals surface area contributed by atoms with Crippen LogP contribution < -0.4 is 10.0 Å². The molecule has 0 radical (unpaired) electrons. The van der Waals surface area contributed by atoms with Crippen molar-refractivity contribution in [2.45, 2.75) is 17.9 Å². The van der Waals surface area contributed by atoms with Crippen molar-refractivity contribution in [1.82, 2.24) is 0 Å². The molecule has 0 saturated heterocycles. The molecule has 0 amide bonds. The minimum absolute atomic E-state index is 0.0955. The number of hydrogen-bond acceptors (Lipinski definition) is 7. The van der Waals surface area contributed by atoms with E-state index in [1.165, 1.54) is 35.2 Å². The van der Waals surface area contributed by atoms with Gasteiger partial charge in [0, 0.05) is 25.2 Å². The summed E-state index contributed by atoms with van der Waals surface area (Å²) in [5.74, 6) is 0. The second kappa shape index (κ2) is 7.06. The number of nitro groups is 2. The van der Waals surface area contributed by atoms with Gasteiger partial charge in [-0.15, -0.1) is 0 Å². The molecule has 0 aliphatic carbocycles. The van der Waals surface area contributed by atoms with E-state index in [0.717, 1.165) is 6.07 Å². The third kappa shape index (κ3) is 3.95. The molecular weight excluding hydrogens is 364 g/mol. The molecule has 1 atom stereocenters. The second-order valence-electron chi connectivity index (χ2n) is 5.59. The Morgan fingerprint density at radius 1 is 1.08 bits per heavy atom. The predicted octanol–water partition coefficient (Wildman–Crippen LogP) is 2.35. The van der Waals surface area contributed by atoms with Gasteiger partial charge in [0.1, 0.15) is 5.69 Å². The maximum absolute atomic E-state index is 11.4. The number of nitrogens with zero attached hydrogens (tertiary/aromatic N) is 3. The zero-order valence-corrected chi connectivity index (χ0v) is 14.7. The Kier molecular flexibility index (Phi) is 5.23. The zero-order valence-electron chi connectivity index (χ0n) is 13.9. The summed E-state index contributed by atoms with van der Waals surface area (Å²) in [6.07, 6.45) is 0. The molecule has 0 fully saturated rings. The molecule has 0 unspecified atom stereocenters. The Morgan fingerprint density at radius 2 is 1.73 bits per heavy atom. The molecule has 10 nitrogen and oxygen atoms in total. The van der Waals surface area contributed by atoms with E-state index in [4.69, 9.17) is 5.14 Å². The summed E-state index contributed by atoms with van der Waals surface area (Å²) in [7, 11) is -2.51. The number of non-ortho nitro benzene ring substituents is 1. The normalized spacial score (nSPS) is 12.4. The average molecular weight is 380 g/mol. The van der Waals surface area contributed by atoms with Crippen LogP contribution in [0.4, 0.5) is 17.1 Å². The molecule has 11 heteroatoms. The summed E-state index contributed by atoms with van der Waals surface area (Å²) >= 11 is 0. The van der Waals surface area contributed by atoms with Crippen molar-refractivity contribution in [3.63, 3.8) is 0 Å². The highest BCUT2D eigenvalue weighted by Gasteiger charge is 2.24. The number of nitro benzene ring substituents is 2. The lowest BCUT2D eigenvalue weighted by Gasteiger charge is -2.27. The Labute approximate surface area is 149 Å². The average Bonchev–Trinajstić information content (AvgIpc) is 2.59. The molecule has 2 N–H and O–H groups in total. The van der Waals surface area contributed by atoms with Crippen molar-refractivity contribution in [3.8, 4) is 0 Å². The van der Waals surface area contributed by atoms with Crippen LogP contribution in [-0.4, -0.2) is 25.3 Å². The Bertz CT molecular complexity index is 976. The van der Waals surface area contributed by atoms with Gasteiger partial charge < -0.3 is 4.90 Å². The van der Waals surface area contributed by atoms with Gasteiger partial charge in [0.15, 0.2) is 0 Å². The van der Waals surface area contributed by atoms with Crippen molar-refractivity contribution < 1.29 is 18.3 Å². The van der Waals surface area contributed by atoms with Crippen molar-refractivity contribution >= 4 is 27.1 Å². The van der Waals surface area contributed by atoms with Gasteiger partial charge in [-0.1, -0.05) is 12.1 Å². The molecule has 2 aromatic rings. The number of nitrogens with two attached hydrogens (primary N) is 1. The fourth-order valence-electron chi connectivity index (χ4n) is 2.46. The van der Waals surface area contributed by atoms with Gasteiger partial charge >= 0.3 is 0 Å². The molecule has 26 heavy (non-hydrogen) atoms. The van der Waals surface area contributed by atoms with E-state index in [1.54, 1.807) is 20.0 Å². The van der Waals surface area contributed by atoms with Crippen LogP contribution in [0.15, 0.2) is 47.4 Å². The van der Waals surface area contributed by atoms with E-state index in [0.29, 0.717) is 5.56 Å². The Morgan fingerprint density at radius 3 is 2.27 bits per heavy atom. The molecule has 0 spiro atoms. The summed E-state index contributed by atoms with van der Waals surface area (Å²) < 4.78 is 22.8. The summed E-state index contributed by atoms with van der Waals surface area (Å²) in [6.45, 7) is 1.72. The van der Waals surface area contributed by atoms with Crippen molar-refractivity contribution in [2.24, 2.45) is 5.14 Å². The number of rotatable bonds is 6. The van der Waals surface area contributed by atoms with Crippen LogP contribution in [0.25, 0.3) is 0 Å². The first-order valence-electron chi connectivity index (χ1n) is 7.31. The van der Waals surface area contributed by atoms with Gasteiger partial charge in [0.2, 0.25) is 10.0 Å². The standard InChI is InChI=1S/C15H16N4O6S/c1-10(11-4-3-5-12(8-11)18(20)21)17(2)14-7-6-13(26(16,24)25)9-15(14)19(22)23/h3-10H,1-2H3,(H2,16,24,25)/t10-/m0/s1. The number of primary sulfonamides is 1. The van der Waals surface area contributed by atoms with Gasteiger partial charge in [0.05, 0.1) is 20.8 Å². The largest absolute Gasteiger partial charge is 0.362 e. The first kappa shape index (κ1) is 19.3. The Hall–Kier alpha value is -3.05. The van der Waals surface area contributed by atoms with Gasteiger partial charge in [0.25, 0.3) is 11.4 Å². The van der Waals surface area contributed by atoms with Crippen LogP contribution in [0.5, 0.6) is 0 Å². The molecule has 0 saturated carbocycles.